The average molecular weight is 341 g/mol. The van der Waals surface area contributed by atoms with Crippen molar-refractivity contribution in [1.82, 2.24) is 25.5 Å². The van der Waals surface area contributed by atoms with Crippen LogP contribution in [0.2, 0.25) is 0 Å². The number of amides is 1. The molecule has 1 amide bonds. The first-order valence-corrected chi connectivity index (χ1v) is 7.61. The second kappa shape index (κ2) is 7.52. The maximum Gasteiger partial charge on any atom is 0.253 e. The Morgan fingerprint density at radius 1 is 1.24 bits per heavy atom. The lowest BCUT2D eigenvalue weighted by molar-refractivity contribution is 0.0774. The molecule has 0 bridgehead atoms. The summed E-state index contributed by atoms with van der Waals surface area (Å²) < 4.78 is 18.3. The zero-order valence-electron chi connectivity index (χ0n) is 13.5. The monoisotopic (exact) mass is 341 g/mol. The average Bonchev–Trinajstić information content (AvgIpc) is 3.17. The standard InChI is InChI=1S/C17H16FN5O2/c1-23(9-10-25-15-7-5-14(18)6-8-15)17(24)13-4-2-3-12(11-13)16-19-21-22-20-16/h2-8,11H,9-10H2,1H3,(H,19,20,21,22). The highest BCUT2D eigenvalue weighted by atomic mass is 19.1. The Balaban J connectivity index is 1.58. The first-order valence-electron chi connectivity index (χ1n) is 7.61. The van der Waals surface area contributed by atoms with Crippen LogP contribution in [0, 0.1) is 5.82 Å². The van der Waals surface area contributed by atoms with Gasteiger partial charge in [0.1, 0.15) is 18.2 Å². The molecule has 128 valence electrons. The number of hydrogen-bond acceptors (Lipinski definition) is 5. The van der Waals surface area contributed by atoms with Gasteiger partial charge in [-0.3, -0.25) is 4.79 Å². The molecule has 7 nitrogen and oxygen atoms in total. The largest absolute Gasteiger partial charge is 0.492 e. The van der Waals surface area contributed by atoms with Crippen LogP contribution < -0.4 is 4.74 Å². The molecule has 8 heteroatoms. The molecule has 0 atom stereocenters. The zero-order valence-corrected chi connectivity index (χ0v) is 13.5. The Hall–Kier alpha value is -3.29. The fourth-order valence-corrected chi connectivity index (χ4v) is 2.23. The van der Waals surface area contributed by atoms with E-state index in [-0.39, 0.29) is 11.7 Å². The van der Waals surface area contributed by atoms with Gasteiger partial charge in [-0.15, -0.1) is 10.2 Å². The summed E-state index contributed by atoms with van der Waals surface area (Å²) in [5.41, 5.74) is 1.22. The Morgan fingerprint density at radius 3 is 2.76 bits per heavy atom. The van der Waals surface area contributed by atoms with Crippen LogP contribution in [0.4, 0.5) is 4.39 Å². The summed E-state index contributed by atoms with van der Waals surface area (Å²) in [6.45, 7) is 0.695. The van der Waals surface area contributed by atoms with Crippen molar-refractivity contribution >= 4 is 5.91 Å². The van der Waals surface area contributed by atoms with Gasteiger partial charge in [0, 0.05) is 18.2 Å². The van der Waals surface area contributed by atoms with Crippen LogP contribution in [0.3, 0.4) is 0 Å². The van der Waals surface area contributed by atoms with E-state index in [1.165, 1.54) is 12.1 Å². The number of aromatic nitrogens is 4. The number of nitrogens with zero attached hydrogens (tertiary/aromatic N) is 4. The van der Waals surface area contributed by atoms with E-state index >= 15 is 0 Å². The Labute approximate surface area is 143 Å². The van der Waals surface area contributed by atoms with E-state index in [2.05, 4.69) is 20.6 Å². The van der Waals surface area contributed by atoms with Crippen molar-refractivity contribution in [3.8, 4) is 17.1 Å². The number of tetrazole rings is 1. The minimum Gasteiger partial charge on any atom is -0.492 e. The number of nitrogens with one attached hydrogen (secondary N) is 1. The number of rotatable bonds is 6. The Morgan fingerprint density at radius 2 is 2.04 bits per heavy atom. The topological polar surface area (TPSA) is 84.0 Å². The van der Waals surface area contributed by atoms with Gasteiger partial charge in [0.15, 0.2) is 0 Å². The molecule has 1 N–H and O–H groups in total. The molecule has 1 aromatic heterocycles. The van der Waals surface area contributed by atoms with Gasteiger partial charge in [0.25, 0.3) is 5.91 Å². The first kappa shape index (κ1) is 16.6. The van der Waals surface area contributed by atoms with E-state index in [4.69, 9.17) is 4.74 Å². The van der Waals surface area contributed by atoms with E-state index in [0.29, 0.717) is 35.9 Å². The maximum atomic E-state index is 12.8. The van der Waals surface area contributed by atoms with E-state index in [9.17, 15) is 9.18 Å². The van der Waals surface area contributed by atoms with Crippen LogP contribution in [-0.4, -0.2) is 51.6 Å². The van der Waals surface area contributed by atoms with Gasteiger partial charge >= 0.3 is 0 Å². The molecule has 0 saturated heterocycles. The van der Waals surface area contributed by atoms with Crippen LogP contribution in [0.1, 0.15) is 10.4 Å². The van der Waals surface area contributed by atoms with Crippen LogP contribution in [0.5, 0.6) is 5.75 Å². The number of carbonyl (C=O) groups excluding carboxylic acids is 1. The number of hydrogen-bond donors (Lipinski definition) is 1. The predicted octanol–water partition coefficient (Wildman–Crippen LogP) is 2.16. The third-order valence-electron chi connectivity index (χ3n) is 3.57. The number of halogens is 1. The van der Waals surface area contributed by atoms with E-state index in [1.807, 2.05) is 0 Å². The van der Waals surface area contributed by atoms with E-state index < -0.39 is 0 Å². The lowest BCUT2D eigenvalue weighted by Gasteiger charge is -2.17. The third kappa shape index (κ3) is 4.17. The lowest BCUT2D eigenvalue weighted by Crippen LogP contribution is -2.30. The number of likely N-dealkylation sites (N-methyl/N-ethyl adjacent to an activating group) is 1. The molecular formula is C17H16FN5O2. The molecule has 3 rings (SSSR count). The fraction of sp³-hybridized carbons (Fsp3) is 0.176. The lowest BCUT2D eigenvalue weighted by atomic mass is 10.1. The minimum absolute atomic E-state index is 0.145. The van der Waals surface area contributed by atoms with Crippen molar-refractivity contribution in [2.75, 3.05) is 20.2 Å². The molecule has 3 aromatic rings. The molecule has 0 saturated carbocycles. The summed E-state index contributed by atoms with van der Waals surface area (Å²) >= 11 is 0. The van der Waals surface area contributed by atoms with Crippen LogP contribution in [0.15, 0.2) is 48.5 Å². The van der Waals surface area contributed by atoms with Crippen molar-refractivity contribution in [3.05, 3.63) is 59.9 Å². The van der Waals surface area contributed by atoms with Gasteiger partial charge in [-0.05, 0) is 41.6 Å². The molecule has 0 radical (unpaired) electrons. The number of aromatic amines is 1. The normalized spacial score (nSPS) is 10.5. The SMILES string of the molecule is CN(CCOc1ccc(F)cc1)C(=O)c1cccc(-c2nn[nH]n2)c1. The highest BCUT2D eigenvalue weighted by molar-refractivity contribution is 5.95. The zero-order chi connectivity index (χ0) is 17.6. The highest BCUT2D eigenvalue weighted by Crippen LogP contribution is 2.16. The van der Waals surface area contributed by atoms with Crippen molar-refractivity contribution in [3.63, 3.8) is 0 Å². The molecular weight excluding hydrogens is 325 g/mol. The molecule has 0 unspecified atom stereocenters. The van der Waals surface area contributed by atoms with Crippen LogP contribution in [0.25, 0.3) is 11.4 Å². The molecule has 0 aliphatic carbocycles. The maximum absolute atomic E-state index is 12.8. The van der Waals surface area contributed by atoms with Crippen molar-refractivity contribution in [1.29, 1.82) is 0 Å². The van der Waals surface area contributed by atoms with Crippen molar-refractivity contribution < 1.29 is 13.9 Å². The van der Waals surface area contributed by atoms with Gasteiger partial charge in [0.2, 0.25) is 5.82 Å². The van der Waals surface area contributed by atoms with Gasteiger partial charge < -0.3 is 9.64 Å². The summed E-state index contributed by atoms with van der Waals surface area (Å²) in [5.74, 6) is 0.521. The molecule has 1 heterocycles. The second-order valence-corrected chi connectivity index (χ2v) is 5.35. The minimum atomic E-state index is -0.318. The number of carbonyl (C=O) groups is 1. The predicted molar refractivity (Wildman–Crippen MR) is 88.5 cm³/mol. The van der Waals surface area contributed by atoms with E-state index in [1.54, 1.807) is 48.3 Å². The van der Waals surface area contributed by atoms with Gasteiger partial charge in [-0.2, -0.15) is 5.21 Å². The number of benzene rings is 2. The van der Waals surface area contributed by atoms with Crippen molar-refractivity contribution in [2.24, 2.45) is 0 Å². The highest BCUT2D eigenvalue weighted by Gasteiger charge is 2.13. The summed E-state index contributed by atoms with van der Waals surface area (Å²) in [5, 5.41) is 13.7. The van der Waals surface area contributed by atoms with Crippen LogP contribution in [-0.2, 0) is 0 Å². The quantitative estimate of drug-likeness (QED) is 0.743. The van der Waals surface area contributed by atoms with E-state index in [0.717, 1.165) is 0 Å². The van der Waals surface area contributed by atoms with Crippen molar-refractivity contribution in [2.45, 2.75) is 0 Å². The summed E-state index contributed by atoms with van der Waals surface area (Å²) in [6, 6.07) is 12.8. The Bertz CT molecular complexity index is 837. The summed E-state index contributed by atoms with van der Waals surface area (Å²) in [7, 11) is 1.69. The molecule has 0 spiro atoms. The Kier molecular flexibility index (Phi) is 4.98. The van der Waals surface area contributed by atoms with Gasteiger partial charge in [-0.25, -0.2) is 4.39 Å². The number of H-pyrrole nitrogens is 1. The molecule has 0 aliphatic heterocycles. The van der Waals surface area contributed by atoms with Gasteiger partial charge in [0.05, 0.1) is 6.54 Å². The second-order valence-electron chi connectivity index (χ2n) is 5.35. The fourth-order valence-electron chi connectivity index (χ4n) is 2.23. The summed E-state index contributed by atoms with van der Waals surface area (Å²) in [4.78, 5) is 14.1. The molecule has 0 fully saturated rings. The van der Waals surface area contributed by atoms with Crippen LogP contribution >= 0.6 is 0 Å². The number of ether oxygens (including phenoxy) is 1. The van der Waals surface area contributed by atoms with Gasteiger partial charge in [-0.1, -0.05) is 12.1 Å². The molecule has 25 heavy (non-hydrogen) atoms. The summed E-state index contributed by atoms with van der Waals surface area (Å²) in [6.07, 6.45) is 0. The first-order chi connectivity index (χ1) is 12.1. The molecule has 2 aromatic carbocycles. The molecule has 0 aliphatic rings. The third-order valence-corrected chi connectivity index (χ3v) is 3.57. The smallest absolute Gasteiger partial charge is 0.253 e.